The van der Waals surface area contributed by atoms with Crippen molar-refractivity contribution in [2.45, 2.75) is 76.0 Å². The molecule has 0 radical (unpaired) electrons. The van der Waals surface area contributed by atoms with E-state index in [1.165, 1.54) is 25.7 Å². The van der Waals surface area contributed by atoms with Crippen LogP contribution in [-0.2, 0) is 0 Å². The quantitative estimate of drug-likeness (QED) is 0.302. The molecule has 0 aromatic heterocycles. The molecule has 0 saturated carbocycles. The molecule has 0 heterocycles. The van der Waals surface area contributed by atoms with Crippen LogP contribution in [0, 0.1) is 0 Å². The van der Waals surface area contributed by atoms with E-state index in [0.29, 0.717) is 0 Å². The van der Waals surface area contributed by atoms with Crippen LogP contribution in [0.2, 0.25) is 0 Å². The van der Waals surface area contributed by atoms with Crippen molar-refractivity contribution in [1.29, 1.82) is 0 Å². The minimum atomic E-state index is 0.0949. The molecule has 2 atom stereocenters. The first kappa shape index (κ1) is 18.1. The number of unbranched alkanes of at least 4 members (excludes halogenated alkanes) is 2. The standard InChI is InChI=1S/C16H28Cl2/c1-3-5-7-9-11-13-15(17)16(18)14-12-10-8-6-4-2/h7-10,15-16H,3-6,11-14H2,1-2H3. The molecule has 2 heteroatoms. The molecule has 0 rings (SSSR count). The van der Waals surface area contributed by atoms with Gasteiger partial charge in [-0.15, -0.1) is 23.2 Å². The third-order valence-electron chi connectivity index (χ3n) is 2.85. The van der Waals surface area contributed by atoms with Crippen molar-refractivity contribution in [1.82, 2.24) is 0 Å². The molecular formula is C16H28Cl2. The summed E-state index contributed by atoms with van der Waals surface area (Å²) in [5.74, 6) is 0. The maximum Gasteiger partial charge on any atom is 0.0502 e. The molecule has 0 spiro atoms. The van der Waals surface area contributed by atoms with E-state index in [9.17, 15) is 0 Å². The smallest absolute Gasteiger partial charge is 0.0502 e. The molecule has 0 fully saturated rings. The summed E-state index contributed by atoms with van der Waals surface area (Å²) < 4.78 is 0. The predicted molar refractivity (Wildman–Crippen MR) is 85.8 cm³/mol. The summed E-state index contributed by atoms with van der Waals surface area (Å²) >= 11 is 12.6. The van der Waals surface area contributed by atoms with Crippen LogP contribution in [-0.4, -0.2) is 10.8 Å². The van der Waals surface area contributed by atoms with Gasteiger partial charge in [-0.05, 0) is 38.5 Å². The molecule has 0 saturated heterocycles. The first-order valence-corrected chi connectivity index (χ1v) is 8.17. The second-order valence-corrected chi connectivity index (χ2v) is 5.83. The van der Waals surface area contributed by atoms with Gasteiger partial charge in [0, 0.05) is 0 Å². The van der Waals surface area contributed by atoms with E-state index in [1.807, 2.05) is 0 Å². The fourth-order valence-corrected chi connectivity index (χ4v) is 2.18. The number of halogens is 2. The Morgan fingerprint density at radius 3 is 1.33 bits per heavy atom. The van der Waals surface area contributed by atoms with Gasteiger partial charge in [-0.2, -0.15) is 0 Å². The highest BCUT2D eigenvalue weighted by Gasteiger charge is 2.14. The van der Waals surface area contributed by atoms with E-state index in [-0.39, 0.29) is 10.8 Å². The van der Waals surface area contributed by atoms with Crippen LogP contribution in [0.4, 0.5) is 0 Å². The molecular weight excluding hydrogens is 263 g/mol. The Bertz CT molecular complexity index is 197. The average molecular weight is 291 g/mol. The minimum absolute atomic E-state index is 0.0949. The van der Waals surface area contributed by atoms with Gasteiger partial charge in [0.25, 0.3) is 0 Å². The molecule has 18 heavy (non-hydrogen) atoms. The van der Waals surface area contributed by atoms with E-state index in [4.69, 9.17) is 23.2 Å². The highest BCUT2D eigenvalue weighted by atomic mass is 35.5. The van der Waals surface area contributed by atoms with Crippen molar-refractivity contribution in [3.8, 4) is 0 Å². The first-order valence-electron chi connectivity index (χ1n) is 7.30. The van der Waals surface area contributed by atoms with Crippen molar-refractivity contribution < 1.29 is 0 Å². The Hall–Kier alpha value is 0.0600. The molecule has 0 aromatic carbocycles. The summed E-state index contributed by atoms with van der Waals surface area (Å²) in [6.45, 7) is 4.38. The molecule has 0 amide bonds. The summed E-state index contributed by atoms with van der Waals surface area (Å²) in [4.78, 5) is 0. The highest BCUT2D eigenvalue weighted by Crippen LogP contribution is 2.20. The zero-order valence-corrected chi connectivity index (χ0v) is 13.4. The Morgan fingerprint density at radius 2 is 1.00 bits per heavy atom. The lowest BCUT2D eigenvalue weighted by atomic mass is 10.1. The summed E-state index contributed by atoms with van der Waals surface area (Å²) in [5, 5.41) is 0.190. The van der Waals surface area contributed by atoms with Crippen LogP contribution in [0.1, 0.15) is 65.2 Å². The van der Waals surface area contributed by atoms with Crippen LogP contribution in [0.15, 0.2) is 24.3 Å². The van der Waals surface area contributed by atoms with E-state index in [0.717, 1.165) is 25.7 Å². The lowest BCUT2D eigenvalue weighted by Crippen LogP contribution is -2.14. The van der Waals surface area contributed by atoms with Crippen molar-refractivity contribution in [2.75, 3.05) is 0 Å². The summed E-state index contributed by atoms with van der Waals surface area (Å²) in [6.07, 6.45) is 17.7. The third-order valence-corrected chi connectivity index (χ3v) is 4.03. The monoisotopic (exact) mass is 290 g/mol. The normalized spacial score (nSPS) is 15.6. The third kappa shape index (κ3) is 11.2. The number of rotatable bonds is 11. The Labute approximate surface area is 123 Å². The lowest BCUT2D eigenvalue weighted by molar-refractivity contribution is 0.667. The summed E-state index contributed by atoms with van der Waals surface area (Å²) in [5.41, 5.74) is 0. The molecule has 0 aliphatic carbocycles. The average Bonchev–Trinajstić information content (AvgIpc) is 2.37. The van der Waals surface area contributed by atoms with Crippen LogP contribution in [0.3, 0.4) is 0 Å². The fraction of sp³-hybridized carbons (Fsp3) is 0.750. The second kappa shape index (κ2) is 13.5. The van der Waals surface area contributed by atoms with Crippen molar-refractivity contribution in [2.24, 2.45) is 0 Å². The minimum Gasteiger partial charge on any atom is -0.121 e. The molecule has 2 unspecified atom stereocenters. The first-order chi connectivity index (χ1) is 8.72. The Kier molecular flexibility index (Phi) is 13.5. The van der Waals surface area contributed by atoms with E-state index in [2.05, 4.69) is 38.2 Å². The fourth-order valence-electron chi connectivity index (χ4n) is 1.68. The molecule has 0 N–H and O–H groups in total. The number of hydrogen-bond acceptors (Lipinski definition) is 0. The van der Waals surface area contributed by atoms with Gasteiger partial charge in [0.15, 0.2) is 0 Å². The van der Waals surface area contributed by atoms with Gasteiger partial charge < -0.3 is 0 Å². The van der Waals surface area contributed by atoms with Crippen LogP contribution < -0.4 is 0 Å². The van der Waals surface area contributed by atoms with E-state index >= 15 is 0 Å². The van der Waals surface area contributed by atoms with Gasteiger partial charge in [0.2, 0.25) is 0 Å². The van der Waals surface area contributed by atoms with Gasteiger partial charge >= 0.3 is 0 Å². The van der Waals surface area contributed by atoms with Gasteiger partial charge in [0.1, 0.15) is 0 Å². The van der Waals surface area contributed by atoms with Gasteiger partial charge in [0.05, 0.1) is 10.8 Å². The van der Waals surface area contributed by atoms with Crippen LogP contribution >= 0.6 is 23.2 Å². The molecule has 0 aromatic rings. The molecule has 106 valence electrons. The van der Waals surface area contributed by atoms with Crippen LogP contribution in [0.25, 0.3) is 0 Å². The van der Waals surface area contributed by atoms with Crippen LogP contribution in [0.5, 0.6) is 0 Å². The van der Waals surface area contributed by atoms with Gasteiger partial charge in [-0.3, -0.25) is 0 Å². The highest BCUT2D eigenvalue weighted by molar-refractivity contribution is 6.29. The lowest BCUT2D eigenvalue weighted by Gasteiger charge is -2.14. The molecule has 0 aliphatic heterocycles. The largest absolute Gasteiger partial charge is 0.121 e. The number of alkyl halides is 2. The molecule has 0 bridgehead atoms. The number of allylic oxidation sites excluding steroid dienone is 4. The Balaban J connectivity index is 3.59. The summed E-state index contributed by atoms with van der Waals surface area (Å²) in [6, 6.07) is 0. The second-order valence-electron chi connectivity index (χ2n) is 4.71. The zero-order chi connectivity index (χ0) is 13.6. The molecule has 0 nitrogen and oxygen atoms in total. The number of hydrogen-bond donors (Lipinski definition) is 0. The topological polar surface area (TPSA) is 0 Å². The van der Waals surface area contributed by atoms with Crippen molar-refractivity contribution >= 4 is 23.2 Å². The predicted octanol–water partition coefficient (Wildman–Crippen LogP) is 6.47. The van der Waals surface area contributed by atoms with Gasteiger partial charge in [-0.1, -0.05) is 51.0 Å². The van der Waals surface area contributed by atoms with Gasteiger partial charge in [-0.25, -0.2) is 0 Å². The SMILES string of the molecule is CCCC=CCCC(Cl)C(Cl)CCC=CCCC. The summed E-state index contributed by atoms with van der Waals surface area (Å²) in [7, 11) is 0. The van der Waals surface area contributed by atoms with Crippen molar-refractivity contribution in [3.63, 3.8) is 0 Å². The van der Waals surface area contributed by atoms with Crippen molar-refractivity contribution in [3.05, 3.63) is 24.3 Å². The zero-order valence-electron chi connectivity index (χ0n) is 11.9. The molecule has 0 aliphatic rings. The maximum atomic E-state index is 6.29. The Morgan fingerprint density at radius 1 is 0.667 bits per heavy atom. The van der Waals surface area contributed by atoms with E-state index in [1.54, 1.807) is 0 Å². The van der Waals surface area contributed by atoms with E-state index < -0.39 is 0 Å². The maximum absolute atomic E-state index is 6.29.